The number of fused-ring (bicyclic) bond motifs is 1. The summed E-state index contributed by atoms with van der Waals surface area (Å²) in [6.45, 7) is 2.01. The third-order valence-corrected chi connectivity index (χ3v) is 3.05. The monoisotopic (exact) mass is 267 g/mol. The minimum Gasteiger partial charge on any atom is -0.436 e. The van der Waals surface area contributed by atoms with Crippen LogP contribution in [-0.4, -0.2) is 10.9 Å². The van der Waals surface area contributed by atoms with Crippen molar-refractivity contribution in [1.82, 2.24) is 10.4 Å². The van der Waals surface area contributed by atoms with Gasteiger partial charge in [-0.3, -0.25) is 10.2 Å². The van der Waals surface area contributed by atoms with Crippen LogP contribution in [0.5, 0.6) is 0 Å². The maximum Gasteiger partial charge on any atom is 0.265 e. The Balaban J connectivity index is 2.09. The smallest absolute Gasteiger partial charge is 0.265 e. The maximum absolute atomic E-state index is 11.5. The molecule has 0 fully saturated rings. The number of rotatable bonds is 2. The Labute approximate surface area is 115 Å². The second kappa shape index (κ2) is 4.79. The van der Waals surface area contributed by atoms with Crippen LogP contribution in [0.4, 0.5) is 0 Å². The molecule has 0 aliphatic rings. The van der Waals surface area contributed by atoms with Crippen LogP contribution in [0.3, 0.4) is 0 Å². The molecule has 0 bridgehead atoms. The first-order chi connectivity index (χ1) is 9.67. The molecule has 0 radical (unpaired) electrons. The summed E-state index contributed by atoms with van der Waals surface area (Å²) in [6, 6.07) is 12.9. The van der Waals surface area contributed by atoms with Crippen LogP contribution in [0.1, 0.15) is 15.9 Å². The van der Waals surface area contributed by atoms with E-state index in [-0.39, 0.29) is 5.91 Å². The number of carbonyl (C=O) groups is 1. The molecule has 20 heavy (non-hydrogen) atoms. The van der Waals surface area contributed by atoms with E-state index in [1.54, 1.807) is 18.2 Å². The highest BCUT2D eigenvalue weighted by atomic mass is 16.3. The highest BCUT2D eigenvalue weighted by Crippen LogP contribution is 2.25. The van der Waals surface area contributed by atoms with Gasteiger partial charge in [-0.15, -0.1) is 0 Å². The number of benzene rings is 2. The van der Waals surface area contributed by atoms with E-state index < -0.39 is 0 Å². The molecule has 0 saturated heterocycles. The molecule has 0 unspecified atom stereocenters. The van der Waals surface area contributed by atoms with E-state index in [0.717, 1.165) is 11.1 Å². The van der Waals surface area contributed by atoms with Crippen LogP contribution >= 0.6 is 0 Å². The van der Waals surface area contributed by atoms with E-state index in [4.69, 9.17) is 10.3 Å². The summed E-state index contributed by atoms with van der Waals surface area (Å²) in [6.07, 6.45) is 0. The molecular formula is C15H13N3O2. The van der Waals surface area contributed by atoms with Gasteiger partial charge in [0.1, 0.15) is 5.52 Å². The first-order valence-corrected chi connectivity index (χ1v) is 6.16. The van der Waals surface area contributed by atoms with Gasteiger partial charge in [0.25, 0.3) is 5.91 Å². The molecule has 3 rings (SSSR count). The lowest BCUT2D eigenvalue weighted by Gasteiger charge is -1.97. The molecule has 0 atom stereocenters. The summed E-state index contributed by atoms with van der Waals surface area (Å²) >= 11 is 0. The summed E-state index contributed by atoms with van der Waals surface area (Å²) in [4.78, 5) is 15.9. The topological polar surface area (TPSA) is 81.2 Å². The average Bonchev–Trinajstić information content (AvgIpc) is 2.89. The highest BCUT2D eigenvalue weighted by Gasteiger charge is 2.11. The molecular weight excluding hydrogens is 254 g/mol. The Morgan fingerprint density at radius 1 is 1.25 bits per heavy atom. The van der Waals surface area contributed by atoms with Crippen molar-refractivity contribution in [3.05, 3.63) is 53.6 Å². The Kier molecular flexibility index (Phi) is 2.96. The van der Waals surface area contributed by atoms with E-state index in [0.29, 0.717) is 22.6 Å². The predicted molar refractivity (Wildman–Crippen MR) is 75.8 cm³/mol. The Hall–Kier alpha value is -2.66. The number of carbonyl (C=O) groups excluding carboxylic acids is 1. The number of nitrogen functional groups attached to an aromatic ring is 1. The molecule has 0 aliphatic carbocycles. The van der Waals surface area contributed by atoms with E-state index >= 15 is 0 Å². The number of nitrogens with one attached hydrogen (secondary N) is 1. The zero-order valence-electron chi connectivity index (χ0n) is 10.9. The van der Waals surface area contributed by atoms with E-state index in [2.05, 4.69) is 10.4 Å². The molecule has 3 aromatic rings. The normalized spacial score (nSPS) is 10.7. The number of hydrogen-bond donors (Lipinski definition) is 2. The van der Waals surface area contributed by atoms with Crippen molar-refractivity contribution in [2.24, 2.45) is 5.84 Å². The second-order valence-electron chi connectivity index (χ2n) is 4.54. The standard InChI is InChI=1S/C15H13N3O2/c1-9-3-2-4-11(7-9)15-17-12-8-10(14(19)18-16)5-6-13(12)20-15/h2-8H,16H2,1H3,(H,18,19). The molecule has 1 amide bonds. The lowest BCUT2D eigenvalue weighted by molar-refractivity contribution is 0.0954. The quantitative estimate of drug-likeness (QED) is 0.424. The van der Waals surface area contributed by atoms with Crippen LogP contribution in [0.2, 0.25) is 0 Å². The second-order valence-corrected chi connectivity index (χ2v) is 4.54. The van der Waals surface area contributed by atoms with Crippen LogP contribution in [-0.2, 0) is 0 Å². The zero-order valence-corrected chi connectivity index (χ0v) is 10.9. The van der Waals surface area contributed by atoms with Gasteiger partial charge in [-0.1, -0.05) is 17.7 Å². The van der Waals surface area contributed by atoms with E-state index in [9.17, 15) is 4.79 Å². The molecule has 1 heterocycles. The van der Waals surface area contributed by atoms with Crippen molar-refractivity contribution in [2.75, 3.05) is 0 Å². The van der Waals surface area contributed by atoms with Gasteiger partial charge < -0.3 is 4.42 Å². The number of nitrogens with two attached hydrogens (primary N) is 1. The maximum atomic E-state index is 11.5. The Morgan fingerprint density at radius 2 is 2.10 bits per heavy atom. The lowest BCUT2D eigenvalue weighted by Crippen LogP contribution is -2.29. The average molecular weight is 267 g/mol. The van der Waals surface area contributed by atoms with E-state index in [1.807, 2.05) is 31.2 Å². The van der Waals surface area contributed by atoms with Crippen LogP contribution in [0.25, 0.3) is 22.6 Å². The molecule has 1 aromatic heterocycles. The molecule has 100 valence electrons. The minimum atomic E-state index is -0.355. The van der Waals surface area contributed by atoms with Crippen molar-refractivity contribution >= 4 is 17.0 Å². The third-order valence-electron chi connectivity index (χ3n) is 3.05. The summed E-state index contributed by atoms with van der Waals surface area (Å²) in [7, 11) is 0. The van der Waals surface area contributed by atoms with Gasteiger partial charge in [-0.05, 0) is 37.3 Å². The highest BCUT2D eigenvalue weighted by molar-refractivity contribution is 5.96. The van der Waals surface area contributed by atoms with Crippen molar-refractivity contribution in [1.29, 1.82) is 0 Å². The SMILES string of the molecule is Cc1cccc(-c2nc3cc(C(=O)NN)ccc3o2)c1. The number of oxazole rings is 1. The number of hydrogen-bond acceptors (Lipinski definition) is 4. The van der Waals surface area contributed by atoms with Gasteiger partial charge in [-0.25, -0.2) is 10.8 Å². The van der Waals surface area contributed by atoms with Crippen molar-refractivity contribution in [2.45, 2.75) is 6.92 Å². The molecule has 0 saturated carbocycles. The fraction of sp³-hybridized carbons (Fsp3) is 0.0667. The Morgan fingerprint density at radius 3 is 2.85 bits per heavy atom. The molecule has 0 spiro atoms. The van der Waals surface area contributed by atoms with Crippen LogP contribution < -0.4 is 11.3 Å². The molecule has 3 N–H and O–H groups in total. The molecule has 5 heteroatoms. The first-order valence-electron chi connectivity index (χ1n) is 6.16. The van der Waals surface area contributed by atoms with Gasteiger partial charge in [0.2, 0.25) is 5.89 Å². The first kappa shape index (κ1) is 12.4. The Bertz CT molecular complexity index is 793. The lowest BCUT2D eigenvalue weighted by atomic mass is 10.1. The molecule has 2 aromatic carbocycles. The summed E-state index contributed by atoms with van der Waals surface area (Å²) in [5.74, 6) is 5.30. The van der Waals surface area contributed by atoms with Gasteiger partial charge in [0.05, 0.1) is 0 Å². The van der Waals surface area contributed by atoms with E-state index in [1.165, 1.54) is 0 Å². The van der Waals surface area contributed by atoms with Crippen LogP contribution in [0, 0.1) is 6.92 Å². The molecule has 5 nitrogen and oxygen atoms in total. The van der Waals surface area contributed by atoms with Gasteiger partial charge in [0, 0.05) is 11.1 Å². The number of aryl methyl sites for hydroxylation is 1. The van der Waals surface area contributed by atoms with Gasteiger partial charge >= 0.3 is 0 Å². The van der Waals surface area contributed by atoms with Crippen molar-refractivity contribution < 1.29 is 9.21 Å². The zero-order chi connectivity index (χ0) is 14.1. The molecule has 0 aliphatic heterocycles. The number of aromatic nitrogens is 1. The largest absolute Gasteiger partial charge is 0.436 e. The van der Waals surface area contributed by atoms with Crippen LogP contribution in [0.15, 0.2) is 46.9 Å². The van der Waals surface area contributed by atoms with Gasteiger partial charge in [-0.2, -0.15) is 0 Å². The van der Waals surface area contributed by atoms with Gasteiger partial charge in [0.15, 0.2) is 5.58 Å². The van der Waals surface area contributed by atoms with Crippen molar-refractivity contribution in [3.63, 3.8) is 0 Å². The predicted octanol–water partition coefficient (Wildman–Crippen LogP) is 2.41. The number of nitrogens with zero attached hydrogens (tertiary/aromatic N) is 1. The minimum absolute atomic E-state index is 0.355. The fourth-order valence-electron chi connectivity index (χ4n) is 2.05. The fourth-order valence-corrected chi connectivity index (χ4v) is 2.05. The number of amides is 1. The third kappa shape index (κ3) is 2.15. The van der Waals surface area contributed by atoms with Crippen molar-refractivity contribution in [3.8, 4) is 11.5 Å². The number of hydrazine groups is 1. The summed E-state index contributed by atoms with van der Waals surface area (Å²) in [5, 5.41) is 0. The summed E-state index contributed by atoms with van der Waals surface area (Å²) < 4.78 is 5.70. The summed E-state index contributed by atoms with van der Waals surface area (Å²) in [5.41, 5.74) is 5.85.